The fraction of sp³-hybridized carbons (Fsp3) is 0.840. The zero-order valence-electron chi connectivity index (χ0n) is 39.3. The summed E-state index contributed by atoms with van der Waals surface area (Å²) in [5.74, 6) is 5.35. The van der Waals surface area contributed by atoms with Crippen LogP contribution in [0.5, 0.6) is 23.0 Å². The highest BCUT2D eigenvalue weighted by Crippen LogP contribution is 2.55. The lowest BCUT2D eigenvalue weighted by atomic mass is 9.91. The average molecular weight is 879 g/mol. The summed E-state index contributed by atoms with van der Waals surface area (Å²) in [6.45, 7) is 25.2. The first-order valence-corrected chi connectivity index (χ1v) is 26.1. The van der Waals surface area contributed by atoms with Crippen molar-refractivity contribution in [3.63, 3.8) is 0 Å². The van der Waals surface area contributed by atoms with Gasteiger partial charge in [-0.3, -0.25) is 0 Å². The quantitative estimate of drug-likeness (QED) is 0.0702. The van der Waals surface area contributed by atoms with Crippen LogP contribution in [-0.2, 0) is 18.9 Å². The van der Waals surface area contributed by atoms with Crippen LogP contribution >= 0.6 is 22.7 Å². The molecule has 2 aliphatic heterocycles. The second-order valence-corrected chi connectivity index (χ2v) is 20.2. The van der Waals surface area contributed by atoms with Crippen molar-refractivity contribution >= 4 is 22.7 Å². The van der Waals surface area contributed by atoms with E-state index in [0.717, 1.165) is 84.9 Å². The van der Waals surface area contributed by atoms with Gasteiger partial charge < -0.3 is 37.9 Å². The van der Waals surface area contributed by atoms with Gasteiger partial charge in [0.15, 0.2) is 23.0 Å². The zero-order chi connectivity index (χ0) is 43.1. The Morgan fingerprint density at radius 3 is 1.00 bits per heavy atom. The molecule has 0 saturated carbocycles. The first-order chi connectivity index (χ1) is 29.3. The first-order valence-electron chi connectivity index (χ1n) is 24.4. The molecule has 0 aliphatic carbocycles. The van der Waals surface area contributed by atoms with Crippen LogP contribution in [-0.4, -0.2) is 79.3 Å². The summed E-state index contributed by atoms with van der Waals surface area (Å²) < 4.78 is 53.2. The molecule has 4 atom stereocenters. The molecule has 0 N–H and O–H groups in total. The zero-order valence-corrected chi connectivity index (χ0v) is 41.0. The monoisotopic (exact) mass is 879 g/mol. The lowest BCUT2D eigenvalue weighted by molar-refractivity contribution is -0.0717. The summed E-state index contributed by atoms with van der Waals surface area (Å²) in [6.07, 6.45) is 19.1. The summed E-state index contributed by atoms with van der Waals surface area (Å²) in [5, 5.41) is 4.17. The van der Waals surface area contributed by atoms with E-state index in [9.17, 15) is 0 Å². The van der Waals surface area contributed by atoms with E-state index in [-0.39, 0.29) is 0 Å². The van der Waals surface area contributed by atoms with Gasteiger partial charge in [-0.1, -0.05) is 132 Å². The van der Waals surface area contributed by atoms with Gasteiger partial charge in [0.25, 0.3) is 0 Å². The normalized spacial score (nSPS) is 21.0. The van der Waals surface area contributed by atoms with Crippen LogP contribution in [0.3, 0.4) is 0 Å². The Morgan fingerprint density at radius 2 is 0.733 bits per heavy atom. The van der Waals surface area contributed by atoms with Gasteiger partial charge in [-0.25, -0.2) is 0 Å². The van der Waals surface area contributed by atoms with Crippen LogP contribution in [0.25, 0.3) is 9.75 Å². The number of rotatable bonds is 33. The highest BCUT2D eigenvalue weighted by molar-refractivity contribution is 7.21. The Labute approximate surface area is 374 Å². The Bertz CT molecular complexity index is 1260. The van der Waals surface area contributed by atoms with E-state index >= 15 is 0 Å². The van der Waals surface area contributed by atoms with Crippen molar-refractivity contribution in [1.82, 2.24) is 0 Å². The second kappa shape index (κ2) is 28.3. The molecule has 0 amide bonds. The van der Waals surface area contributed by atoms with Crippen LogP contribution in [0.4, 0.5) is 0 Å². The van der Waals surface area contributed by atoms with Gasteiger partial charge >= 0.3 is 0 Å². The Morgan fingerprint density at radius 1 is 0.450 bits per heavy atom. The van der Waals surface area contributed by atoms with Crippen molar-refractivity contribution in [3.8, 4) is 32.8 Å². The molecule has 0 bridgehead atoms. The third kappa shape index (κ3) is 15.9. The van der Waals surface area contributed by atoms with Crippen molar-refractivity contribution in [2.75, 3.05) is 79.3 Å². The molecule has 2 aromatic heterocycles. The molecule has 10 heteroatoms. The maximum Gasteiger partial charge on any atom is 0.180 e. The van der Waals surface area contributed by atoms with Gasteiger partial charge in [0, 0.05) is 37.2 Å². The van der Waals surface area contributed by atoms with Crippen molar-refractivity contribution in [2.24, 2.45) is 34.5 Å². The third-order valence-corrected chi connectivity index (χ3v) is 15.0. The maximum atomic E-state index is 6.84. The van der Waals surface area contributed by atoms with Gasteiger partial charge in [0.2, 0.25) is 0 Å². The van der Waals surface area contributed by atoms with Crippen molar-refractivity contribution < 1.29 is 37.9 Å². The van der Waals surface area contributed by atoms with E-state index in [0.29, 0.717) is 76.5 Å². The van der Waals surface area contributed by atoms with Gasteiger partial charge in [-0.2, -0.15) is 0 Å². The minimum absolute atomic E-state index is 0.424. The SMILES string of the molecule is CCCCC(CC)COCC1(COCC(CC)CCCC)COc2csc(-c3scc4c3OCC(COCC(CC)CCCC)(COCC(CC)CCCC)CO4)c2OC1. The highest BCUT2D eigenvalue weighted by atomic mass is 32.1. The van der Waals surface area contributed by atoms with E-state index in [2.05, 4.69) is 66.2 Å². The number of hydrogen-bond donors (Lipinski definition) is 0. The van der Waals surface area contributed by atoms with Gasteiger partial charge in [-0.05, 0) is 49.4 Å². The third-order valence-electron chi connectivity index (χ3n) is 13.0. The van der Waals surface area contributed by atoms with Crippen molar-refractivity contribution in [2.45, 2.75) is 158 Å². The predicted molar refractivity (Wildman–Crippen MR) is 251 cm³/mol. The van der Waals surface area contributed by atoms with Gasteiger partial charge in [0.1, 0.15) is 26.4 Å². The molecule has 2 aromatic rings. The summed E-state index contributed by atoms with van der Waals surface area (Å²) in [6, 6.07) is 0. The molecule has 4 heterocycles. The summed E-state index contributed by atoms with van der Waals surface area (Å²) in [7, 11) is 0. The molecule has 4 unspecified atom stereocenters. The summed E-state index contributed by atoms with van der Waals surface area (Å²) in [5.41, 5.74) is -0.849. The van der Waals surface area contributed by atoms with Crippen LogP contribution in [0.15, 0.2) is 10.8 Å². The Kier molecular flexibility index (Phi) is 24.1. The smallest absolute Gasteiger partial charge is 0.180 e. The van der Waals surface area contributed by atoms with E-state index in [1.54, 1.807) is 22.7 Å². The second-order valence-electron chi connectivity index (χ2n) is 18.4. The van der Waals surface area contributed by atoms with Crippen LogP contribution < -0.4 is 18.9 Å². The molecule has 8 nitrogen and oxygen atoms in total. The molecule has 2 aliphatic rings. The summed E-state index contributed by atoms with van der Waals surface area (Å²) >= 11 is 3.28. The molecule has 0 spiro atoms. The lowest BCUT2D eigenvalue weighted by Gasteiger charge is -2.32. The molecule has 0 fully saturated rings. The standard InChI is InChI=1S/C50H86O8S2/c1-9-17-21-39(13-5)25-51-31-49(32-52-26-40(14-6)22-18-10-2)35-55-43-29-59-47(45(43)57-37-49)48-46-44(30-60-48)56-36-50(38-58-46,33-53-27-41(15-7)23-19-11-3)34-54-28-42(16-8)24-20-12-4/h29-30,39-42H,9-28,31-38H2,1-8H3. The van der Waals surface area contributed by atoms with Crippen LogP contribution in [0.2, 0.25) is 0 Å². The number of thiophene rings is 2. The fourth-order valence-corrected chi connectivity index (χ4v) is 10.2. The average Bonchev–Trinajstić information content (AvgIpc) is 3.76. The summed E-state index contributed by atoms with van der Waals surface area (Å²) in [4.78, 5) is 2.02. The molecular weight excluding hydrogens is 793 g/mol. The van der Waals surface area contributed by atoms with Crippen LogP contribution in [0, 0.1) is 34.5 Å². The molecule has 346 valence electrons. The highest BCUT2D eigenvalue weighted by Gasteiger charge is 2.41. The number of hydrogen-bond acceptors (Lipinski definition) is 10. The van der Waals surface area contributed by atoms with Crippen LogP contribution in [0.1, 0.15) is 158 Å². The molecule has 60 heavy (non-hydrogen) atoms. The van der Waals surface area contributed by atoms with E-state index in [4.69, 9.17) is 37.9 Å². The molecule has 0 aromatic carbocycles. The van der Waals surface area contributed by atoms with E-state index < -0.39 is 10.8 Å². The Balaban J connectivity index is 1.50. The minimum atomic E-state index is -0.424. The van der Waals surface area contributed by atoms with E-state index in [1.165, 1.54) is 77.0 Å². The fourth-order valence-electron chi connectivity index (χ4n) is 8.22. The number of fused-ring (bicyclic) bond motifs is 2. The maximum absolute atomic E-state index is 6.84. The number of ether oxygens (including phenoxy) is 8. The number of unbranched alkanes of at least 4 members (excludes halogenated alkanes) is 4. The predicted octanol–water partition coefficient (Wildman–Crippen LogP) is 13.9. The molecule has 4 rings (SSSR count). The Hall–Kier alpha value is -1.56. The van der Waals surface area contributed by atoms with Crippen molar-refractivity contribution in [1.29, 1.82) is 0 Å². The largest absolute Gasteiger partial charge is 0.488 e. The van der Waals surface area contributed by atoms with Crippen molar-refractivity contribution in [3.05, 3.63) is 10.8 Å². The molecule has 0 radical (unpaired) electrons. The minimum Gasteiger partial charge on any atom is -0.488 e. The lowest BCUT2D eigenvalue weighted by Crippen LogP contribution is -2.43. The first kappa shape index (κ1) is 51.1. The van der Waals surface area contributed by atoms with Gasteiger partial charge in [-0.15, -0.1) is 22.7 Å². The topological polar surface area (TPSA) is 73.8 Å². The van der Waals surface area contributed by atoms with E-state index in [1.807, 2.05) is 0 Å². The molecular formula is C50H86O8S2. The van der Waals surface area contributed by atoms with Gasteiger partial charge in [0.05, 0.1) is 47.0 Å². The molecule has 0 saturated heterocycles.